The molecule has 0 saturated heterocycles. The number of aliphatic carboxylic acids is 1. The Morgan fingerprint density at radius 1 is 1.40 bits per heavy atom. The molecule has 25 heavy (non-hydrogen) atoms. The van der Waals surface area contributed by atoms with Crippen LogP contribution in [0.2, 0.25) is 0 Å². The summed E-state index contributed by atoms with van der Waals surface area (Å²) in [6, 6.07) is 1.80. The van der Waals surface area contributed by atoms with Crippen LogP contribution in [0, 0.1) is 5.41 Å². The van der Waals surface area contributed by atoms with Gasteiger partial charge in [-0.2, -0.15) is 0 Å². The highest BCUT2D eigenvalue weighted by Gasteiger charge is 2.31. The Labute approximate surface area is 145 Å². The molecular formula is C18H23N3O4. The van der Waals surface area contributed by atoms with Crippen molar-refractivity contribution in [2.24, 2.45) is 5.41 Å². The van der Waals surface area contributed by atoms with Crippen molar-refractivity contribution >= 4 is 23.0 Å². The summed E-state index contributed by atoms with van der Waals surface area (Å²) in [6.45, 7) is 7.13. The largest absolute Gasteiger partial charge is 0.481 e. The van der Waals surface area contributed by atoms with Crippen molar-refractivity contribution in [2.75, 3.05) is 6.54 Å². The van der Waals surface area contributed by atoms with Crippen LogP contribution in [0.15, 0.2) is 10.6 Å². The second-order valence-electron chi connectivity index (χ2n) is 7.64. The summed E-state index contributed by atoms with van der Waals surface area (Å²) in [5, 5.41) is 16.7. The third-order valence-electron chi connectivity index (χ3n) is 4.55. The summed E-state index contributed by atoms with van der Waals surface area (Å²) in [4.78, 5) is 28.6. The van der Waals surface area contributed by atoms with Gasteiger partial charge in [0.15, 0.2) is 0 Å². The molecule has 0 radical (unpaired) electrons. The van der Waals surface area contributed by atoms with Gasteiger partial charge in [-0.05, 0) is 38.7 Å². The van der Waals surface area contributed by atoms with Crippen molar-refractivity contribution < 1.29 is 19.2 Å². The summed E-state index contributed by atoms with van der Waals surface area (Å²) >= 11 is 0. The van der Waals surface area contributed by atoms with Gasteiger partial charge in [-0.25, -0.2) is 4.98 Å². The minimum atomic E-state index is -1.04. The maximum atomic E-state index is 12.8. The van der Waals surface area contributed by atoms with Crippen LogP contribution in [0.25, 0.3) is 11.1 Å². The zero-order valence-corrected chi connectivity index (χ0v) is 14.9. The monoisotopic (exact) mass is 345 g/mol. The van der Waals surface area contributed by atoms with Crippen LogP contribution in [-0.4, -0.2) is 33.7 Å². The topological polar surface area (TPSA) is 105 Å². The van der Waals surface area contributed by atoms with E-state index in [2.05, 4.69) is 15.5 Å². The number of hydrogen-bond acceptors (Lipinski definition) is 5. The molecule has 134 valence electrons. The van der Waals surface area contributed by atoms with Gasteiger partial charge in [0, 0.05) is 18.2 Å². The number of hydrogen-bond donors (Lipinski definition) is 2. The molecule has 7 heteroatoms. The predicted octanol–water partition coefficient (Wildman–Crippen LogP) is 3.06. The zero-order chi connectivity index (χ0) is 18.4. The quantitative estimate of drug-likeness (QED) is 0.833. The van der Waals surface area contributed by atoms with Crippen LogP contribution >= 0.6 is 0 Å². The van der Waals surface area contributed by atoms with E-state index in [1.165, 1.54) is 0 Å². The molecule has 0 unspecified atom stereocenters. The molecule has 1 fully saturated rings. The number of nitrogens with one attached hydrogen (secondary N) is 1. The van der Waals surface area contributed by atoms with E-state index in [0.717, 1.165) is 18.5 Å². The molecule has 3 rings (SSSR count). The van der Waals surface area contributed by atoms with Gasteiger partial charge in [-0.15, -0.1) is 0 Å². The number of carbonyl (C=O) groups is 2. The van der Waals surface area contributed by atoms with E-state index >= 15 is 0 Å². The standard InChI is InChI=1S/C18H23N3O4/c1-9(2)14-13-11(15(22)19-8-18(3,4)17(23)24)7-12(10-5-6-10)20-16(13)25-21-14/h7,9-10H,5-6,8H2,1-4H3,(H,19,22)(H,23,24). The zero-order valence-electron chi connectivity index (χ0n) is 14.9. The Morgan fingerprint density at radius 2 is 2.08 bits per heavy atom. The summed E-state index contributed by atoms with van der Waals surface area (Å²) in [6.07, 6.45) is 2.10. The molecule has 7 nitrogen and oxygen atoms in total. The van der Waals surface area contributed by atoms with E-state index in [1.807, 2.05) is 13.8 Å². The summed E-state index contributed by atoms with van der Waals surface area (Å²) in [5.74, 6) is -0.844. The van der Waals surface area contributed by atoms with Crippen LogP contribution in [0.5, 0.6) is 0 Å². The SMILES string of the molecule is CC(C)c1noc2nc(C3CC3)cc(C(=O)NCC(C)(C)C(=O)O)c12. The number of carboxylic acid groups (broad SMARTS) is 1. The highest BCUT2D eigenvalue weighted by atomic mass is 16.5. The fourth-order valence-electron chi connectivity index (χ4n) is 2.63. The maximum Gasteiger partial charge on any atom is 0.310 e. The van der Waals surface area contributed by atoms with E-state index in [9.17, 15) is 14.7 Å². The molecule has 2 aromatic heterocycles. The lowest BCUT2D eigenvalue weighted by Gasteiger charge is -2.19. The fraction of sp³-hybridized carbons (Fsp3) is 0.556. The van der Waals surface area contributed by atoms with Gasteiger partial charge >= 0.3 is 5.97 Å². The van der Waals surface area contributed by atoms with Crippen molar-refractivity contribution in [2.45, 2.75) is 52.4 Å². The molecule has 0 spiro atoms. The lowest BCUT2D eigenvalue weighted by atomic mass is 9.93. The average Bonchev–Trinajstić information content (AvgIpc) is 3.30. The summed E-state index contributed by atoms with van der Waals surface area (Å²) in [5.41, 5.74) is 1.30. The molecule has 0 aromatic carbocycles. The molecule has 2 N–H and O–H groups in total. The van der Waals surface area contributed by atoms with Crippen molar-refractivity contribution in [3.05, 3.63) is 23.0 Å². The van der Waals surface area contributed by atoms with Crippen LogP contribution in [-0.2, 0) is 4.79 Å². The van der Waals surface area contributed by atoms with Gasteiger partial charge in [0.1, 0.15) is 0 Å². The molecule has 2 aromatic rings. The van der Waals surface area contributed by atoms with Crippen LogP contribution in [0.4, 0.5) is 0 Å². The molecule has 1 aliphatic rings. The lowest BCUT2D eigenvalue weighted by Crippen LogP contribution is -2.39. The average molecular weight is 345 g/mol. The van der Waals surface area contributed by atoms with Crippen LogP contribution in [0.1, 0.15) is 74.1 Å². The van der Waals surface area contributed by atoms with E-state index < -0.39 is 11.4 Å². The number of rotatable bonds is 6. The number of pyridine rings is 1. The Bertz CT molecular complexity index is 834. The van der Waals surface area contributed by atoms with Gasteiger partial charge in [0.2, 0.25) is 0 Å². The number of carbonyl (C=O) groups excluding carboxylic acids is 1. The minimum absolute atomic E-state index is 0.0338. The summed E-state index contributed by atoms with van der Waals surface area (Å²) < 4.78 is 5.37. The van der Waals surface area contributed by atoms with E-state index in [-0.39, 0.29) is 18.4 Å². The first kappa shape index (κ1) is 17.4. The van der Waals surface area contributed by atoms with Crippen molar-refractivity contribution in [3.8, 4) is 0 Å². The smallest absolute Gasteiger partial charge is 0.310 e. The molecule has 1 aliphatic carbocycles. The van der Waals surface area contributed by atoms with Gasteiger partial charge < -0.3 is 14.9 Å². The third kappa shape index (κ3) is 3.36. The molecule has 2 heterocycles. The third-order valence-corrected chi connectivity index (χ3v) is 4.55. The maximum absolute atomic E-state index is 12.8. The summed E-state index contributed by atoms with van der Waals surface area (Å²) in [7, 11) is 0. The number of fused-ring (bicyclic) bond motifs is 1. The first-order chi connectivity index (χ1) is 11.7. The molecule has 0 bridgehead atoms. The van der Waals surface area contributed by atoms with Crippen LogP contribution in [0.3, 0.4) is 0 Å². The predicted molar refractivity (Wildman–Crippen MR) is 91.6 cm³/mol. The number of carboxylic acids is 1. The molecule has 1 amide bonds. The molecule has 1 saturated carbocycles. The lowest BCUT2D eigenvalue weighted by molar-refractivity contribution is -0.146. The number of amides is 1. The van der Waals surface area contributed by atoms with Gasteiger partial charge in [-0.1, -0.05) is 19.0 Å². The second kappa shape index (κ2) is 6.13. The van der Waals surface area contributed by atoms with E-state index in [0.29, 0.717) is 28.3 Å². The number of nitrogens with zero attached hydrogens (tertiary/aromatic N) is 2. The Hall–Kier alpha value is -2.44. The fourth-order valence-corrected chi connectivity index (χ4v) is 2.63. The Balaban J connectivity index is 1.99. The Morgan fingerprint density at radius 3 is 2.64 bits per heavy atom. The van der Waals surface area contributed by atoms with Gasteiger partial charge in [-0.3, -0.25) is 9.59 Å². The molecular weight excluding hydrogens is 322 g/mol. The highest BCUT2D eigenvalue weighted by molar-refractivity contribution is 6.06. The molecule has 0 aliphatic heterocycles. The highest BCUT2D eigenvalue weighted by Crippen LogP contribution is 2.41. The number of aromatic nitrogens is 2. The second-order valence-corrected chi connectivity index (χ2v) is 7.64. The normalized spacial score (nSPS) is 14.9. The van der Waals surface area contributed by atoms with E-state index in [4.69, 9.17) is 4.52 Å². The molecule has 0 atom stereocenters. The van der Waals surface area contributed by atoms with Crippen molar-refractivity contribution in [3.63, 3.8) is 0 Å². The van der Waals surface area contributed by atoms with Crippen LogP contribution < -0.4 is 5.32 Å². The Kier molecular flexibility index (Phi) is 4.26. The first-order valence-corrected chi connectivity index (χ1v) is 8.52. The van der Waals surface area contributed by atoms with Gasteiger partial charge in [0.25, 0.3) is 11.6 Å². The van der Waals surface area contributed by atoms with E-state index in [1.54, 1.807) is 19.9 Å². The minimum Gasteiger partial charge on any atom is -0.481 e. The van der Waals surface area contributed by atoms with Crippen molar-refractivity contribution in [1.82, 2.24) is 15.5 Å². The first-order valence-electron chi connectivity index (χ1n) is 8.52. The van der Waals surface area contributed by atoms with Crippen molar-refractivity contribution in [1.29, 1.82) is 0 Å². The van der Waals surface area contributed by atoms with Gasteiger partial charge in [0.05, 0.1) is 22.1 Å².